The van der Waals surface area contributed by atoms with E-state index in [-0.39, 0.29) is 18.3 Å². The van der Waals surface area contributed by atoms with Crippen molar-refractivity contribution in [3.05, 3.63) is 59.7 Å². The lowest BCUT2D eigenvalue weighted by Crippen LogP contribution is -2.42. The van der Waals surface area contributed by atoms with Gasteiger partial charge in [-0.3, -0.25) is 4.90 Å². The van der Waals surface area contributed by atoms with Gasteiger partial charge in [0.1, 0.15) is 18.5 Å². The largest absolute Gasteiger partial charge is 0.487 e. The second-order valence-electron chi connectivity index (χ2n) is 5.57. The fourth-order valence-corrected chi connectivity index (χ4v) is 2.54. The summed E-state index contributed by atoms with van der Waals surface area (Å²) in [5.41, 5.74) is 1.52. The summed E-state index contributed by atoms with van der Waals surface area (Å²) in [7, 11) is 0. The topological polar surface area (TPSA) is 76.1 Å². The van der Waals surface area contributed by atoms with Crippen molar-refractivity contribution < 1.29 is 24.2 Å². The minimum atomic E-state index is -1.04. The van der Waals surface area contributed by atoms with Gasteiger partial charge in [-0.1, -0.05) is 30.3 Å². The minimum absolute atomic E-state index is 0.112. The smallest absolute Gasteiger partial charge is 0.414 e. The standard InChI is InChI=1S/C18H17NO5/c1-12-10-19(18(22)23-11-13-5-3-2-4-6-13)15-8-7-14(17(20)21)9-16(15)24-12/h2-9,12H,10-11H2,1H3,(H,20,21). The number of amides is 1. The van der Waals surface area contributed by atoms with E-state index in [1.165, 1.54) is 17.0 Å². The first-order chi connectivity index (χ1) is 11.5. The van der Waals surface area contributed by atoms with Gasteiger partial charge in [0, 0.05) is 0 Å². The van der Waals surface area contributed by atoms with Gasteiger partial charge in [0.05, 0.1) is 17.8 Å². The third kappa shape index (κ3) is 3.32. The summed E-state index contributed by atoms with van der Waals surface area (Å²) in [5.74, 6) is -0.678. The molecule has 124 valence electrons. The van der Waals surface area contributed by atoms with Crippen LogP contribution in [0.15, 0.2) is 48.5 Å². The Hall–Kier alpha value is -3.02. The molecule has 1 N–H and O–H groups in total. The Labute approximate surface area is 139 Å². The van der Waals surface area contributed by atoms with Gasteiger partial charge >= 0.3 is 12.1 Å². The molecule has 1 atom stereocenters. The van der Waals surface area contributed by atoms with E-state index in [0.29, 0.717) is 18.0 Å². The molecule has 2 aromatic rings. The van der Waals surface area contributed by atoms with E-state index in [1.807, 2.05) is 37.3 Å². The number of anilines is 1. The van der Waals surface area contributed by atoms with Crippen LogP contribution in [0, 0.1) is 0 Å². The van der Waals surface area contributed by atoms with Crippen LogP contribution >= 0.6 is 0 Å². The molecule has 0 saturated heterocycles. The monoisotopic (exact) mass is 327 g/mol. The van der Waals surface area contributed by atoms with Crippen LogP contribution in [-0.2, 0) is 11.3 Å². The molecule has 6 nitrogen and oxygen atoms in total. The highest BCUT2D eigenvalue weighted by atomic mass is 16.6. The molecule has 0 aromatic heterocycles. The highest BCUT2D eigenvalue weighted by Gasteiger charge is 2.29. The molecule has 3 rings (SSSR count). The van der Waals surface area contributed by atoms with Crippen molar-refractivity contribution in [1.82, 2.24) is 0 Å². The van der Waals surface area contributed by atoms with E-state index in [2.05, 4.69) is 0 Å². The van der Waals surface area contributed by atoms with Crippen molar-refractivity contribution in [3.8, 4) is 5.75 Å². The number of fused-ring (bicyclic) bond motifs is 1. The minimum Gasteiger partial charge on any atom is -0.487 e. The number of carboxylic acids is 1. The normalized spacial score (nSPS) is 16.0. The number of hydrogen-bond donors (Lipinski definition) is 1. The number of carbonyl (C=O) groups is 2. The quantitative estimate of drug-likeness (QED) is 0.936. The molecular formula is C18H17NO5. The van der Waals surface area contributed by atoms with Crippen LogP contribution in [-0.4, -0.2) is 29.8 Å². The van der Waals surface area contributed by atoms with Crippen molar-refractivity contribution in [2.24, 2.45) is 0 Å². The average molecular weight is 327 g/mol. The average Bonchev–Trinajstić information content (AvgIpc) is 2.59. The lowest BCUT2D eigenvalue weighted by molar-refractivity contribution is 0.0696. The first-order valence-corrected chi connectivity index (χ1v) is 7.57. The van der Waals surface area contributed by atoms with E-state index < -0.39 is 12.1 Å². The van der Waals surface area contributed by atoms with Gasteiger partial charge < -0.3 is 14.6 Å². The Morgan fingerprint density at radius 1 is 1.25 bits per heavy atom. The number of rotatable bonds is 3. The molecule has 1 unspecified atom stereocenters. The fourth-order valence-electron chi connectivity index (χ4n) is 2.54. The second-order valence-corrected chi connectivity index (χ2v) is 5.57. The van der Waals surface area contributed by atoms with E-state index in [1.54, 1.807) is 6.07 Å². The SMILES string of the molecule is CC1CN(C(=O)OCc2ccccc2)c2ccc(C(=O)O)cc2O1. The predicted octanol–water partition coefficient (Wildman–Crippen LogP) is 3.31. The van der Waals surface area contributed by atoms with E-state index >= 15 is 0 Å². The van der Waals surface area contributed by atoms with Crippen LogP contribution in [0.3, 0.4) is 0 Å². The summed E-state index contributed by atoms with van der Waals surface area (Å²) >= 11 is 0. The zero-order valence-electron chi connectivity index (χ0n) is 13.1. The maximum Gasteiger partial charge on any atom is 0.414 e. The molecule has 0 aliphatic carbocycles. The molecule has 1 amide bonds. The number of aromatic carboxylic acids is 1. The second kappa shape index (κ2) is 6.62. The molecule has 1 aliphatic rings. The summed E-state index contributed by atoms with van der Waals surface area (Å²) in [5, 5.41) is 9.08. The number of carbonyl (C=O) groups excluding carboxylic acids is 1. The van der Waals surface area contributed by atoms with E-state index in [9.17, 15) is 9.59 Å². The summed E-state index contributed by atoms with van der Waals surface area (Å²) in [6.45, 7) is 2.33. The number of nitrogens with zero attached hydrogens (tertiary/aromatic N) is 1. The maximum atomic E-state index is 12.4. The van der Waals surface area contributed by atoms with Gasteiger partial charge in [0.2, 0.25) is 0 Å². The molecule has 0 fully saturated rings. The van der Waals surface area contributed by atoms with Gasteiger partial charge in [0.15, 0.2) is 0 Å². The highest BCUT2D eigenvalue weighted by Crippen LogP contribution is 2.34. The summed E-state index contributed by atoms with van der Waals surface area (Å²) in [6.07, 6.45) is -0.746. The van der Waals surface area contributed by atoms with Crippen molar-refractivity contribution >= 4 is 17.7 Å². The molecule has 0 spiro atoms. The Morgan fingerprint density at radius 2 is 2.00 bits per heavy atom. The molecule has 0 saturated carbocycles. The number of benzene rings is 2. The van der Waals surface area contributed by atoms with Crippen molar-refractivity contribution in [1.29, 1.82) is 0 Å². The van der Waals surface area contributed by atoms with Gasteiger partial charge in [-0.05, 0) is 30.7 Å². The molecule has 2 aromatic carbocycles. The van der Waals surface area contributed by atoms with Crippen molar-refractivity contribution in [3.63, 3.8) is 0 Å². The van der Waals surface area contributed by atoms with Crippen LogP contribution in [0.5, 0.6) is 5.75 Å². The molecule has 24 heavy (non-hydrogen) atoms. The molecule has 0 radical (unpaired) electrons. The lowest BCUT2D eigenvalue weighted by atomic mass is 10.1. The molecule has 1 aliphatic heterocycles. The highest BCUT2D eigenvalue weighted by molar-refractivity contribution is 5.93. The third-order valence-corrected chi connectivity index (χ3v) is 3.69. The predicted molar refractivity (Wildman–Crippen MR) is 87.5 cm³/mol. The Morgan fingerprint density at radius 3 is 2.71 bits per heavy atom. The van der Waals surface area contributed by atoms with E-state index in [0.717, 1.165) is 5.56 Å². The van der Waals surface area contributed by atoms with Crippen molar-refractivity contribution in [2.45, 2.75) is 19.6 Å². The van der Waals surface area contributed by atoms with Crippen LogP contribution in [0.1, 0.15) is 22.8 Å². The summed E-state index contributed by atoms with van der Waals surface area (Å²) < 4.78 is 11.0. The molecule has 6 heteroatoms. The van der Waals surface area contributed by atoms with Gasteiger partial charge in [-0.25, -0.2) is 9.59 Å². The summed E-state index contributed by atoms with van der Waals surface area (Å²) in [4.78, 5) is 25.0. The fraction of sp³-hybridized carbons (Fsp3) is 0.222. The molecular weight excluding hydrogens is 310 g/mol. The molecule has 0 bridgehead atoms. The van der Waals surface area contributed by atoms with Gasteiger partial charge in [-0.15, -0.1) is 0 Å². The van der Waals surface area contributed by atoms with Crippen LogP contribution < -0.4 is 9.64 Å². The first-order valence-electron chi connectivity index (χ1n) is 7.57. The van der Waals surface area contributed by atoms with Gasteiger partial charge in [-0.2, -0.15) is 0 Å². The Balaban J connectivity index is 1.78. The number of ether oxygens (including phenoxy) is 2. The maximum absolute atomic E-state index is 12.4. The zero-order chi connectivity index (χ0) is 17.1. The number of hydrogen-bond acceptors (Lipinski definition) is 4. The van der Waals surface area contributed by atoms with E-state index in [4.69, 9.17) is 14.6 Å². The zero-order valence-corrected chi connectivity index (χ0v) is 13.1. The van der Waals surface area contributed by atoms with Crippen molar-refractivity contribution in [2.75, 3.05) is 11.4 Å². The first kappa shape index (κ1) is 15.9. The Bertz CT molecular complexity index is 759. The summed E-state index contributed by atoms with van der Waals surface area (Å²) in [6, 6.07) is 13.8. The lowest BCUT2D eigenvalue weighted by Gasteiger charge is -2.32. The van der Waals surface area contributed by atoms with Gasteiger partial charge in [0.25, 0.3) is 0 Å². The number of carboxylic acid groups (broad SMARTS) is 1. The third-order valence-electron chi connectivity index (χ3n) is 3.69. The molecule has 1 heterocycles. The Kier molecular flexibility index (Phi) is 4.37. The van der Waals surface area contributed by atoms with Crippen LogP contribution in [0.2, 0.25) is 0 Å². The van der Waals surface area contributed by atoms with Crippen LogP contribution in [0.4, 0.5) is 10.5 Å². The van der Waals surface area contributed by atoms with Crippen LogP contribution in [0.25, 0.3) is 0 Å².